The first kappa shape index (κ1) is 8.22. The molecule has 0 spiro atoms. The summed E-state index contributed by atoms with van der Waals surface area (Å²) in [5, 5.41) is 16.3. The predicted molar refractivity (Wildman–Crippen MR) is 44.3 cm³/mol. The molecular formula is C8H11N3O2. The summed E-state index contributed by atoms with van der Waals surface area (Å²) in [6.45, 7) is 0. The minimum absolute atomic E-state index is 0.0142. The number of rotatable bonds is 3. The van der Waals surface area contributed by atoms with Gasteiger partial charge in [0.25, 0.3) is 0 Å². The molecule has 0 aromatic carbocycles. The maximum Gasteiger partial charge on any atom is 0.309 e. The van der Waals surface area contributed by atoms with Crippen LogP contribution >= 0.6 is 0 Å². The fourth-order valence-corrected chi connectivity index (χ4v) is 1.53. The molecule has 0 bridgehead atoms. The van der Waals surface area contributed by atoms with Crippen molar-refractivity contribution >= 4 is 5.97 Å². The molecule has 2 rings (SSSR count). The normalized spacial score (nSPS) is 16.1. The second kappa shape index (κ2) is 2.83. The molecule has 1 heterocycles. The van der Waals surface area contributed by atoms with Crippen molar-refractivity contribution in [3.63, 3.8) is 0 Å². The van der Waals surface area contributed by atoms with Crippen LogP contribution in [0.15, 0.2) is 0 Å². The summed E-state index contributed by atoms with van der Waals surface area (Å²) >= 11 is 0. The number of nitrogens with zero attached hydrogens (tertiary/aromatic N) is 3. The molecule has 5 heteroatoms. The summed E-state index contributed by atoms with van der Waals surface area (Å²) in [6.07, 6.45) is 2.25. The van der Waals surface area contributed by atoms with Gasteiger partial charge in [-0.05, 0) is 12.8 Å². The second-order valence-electron chi connectivity index (χ2n) is 3.39. The number of hydrogen-bond acceptors (Lipinski definition) is 3. The highest BCUT2D eigenvalue weighted by molar-refractivity contribution is 5.69. The van der Waals surface area contributed by atoms with E-state index >= 15 is 0 Å². The standard InChI is InChI=1S/C8H11N3O2/c1-11-8(5-2-3-5)6(9-10-11)4-7(12)13/h5H,2-4H2,1H3,(H,12,13). The summed E-state index contributed by atoms with van der Waals surface area (Å²) in [5.41, 5.74) is 1.62. The van der Waals surface area contributed by atoms with Crippen LogP contribution in [-0.4, -0.2) is 26.1 Å². The average molecular weight is 181 g/mol. The summed E-state index contributed by atoms with van der Waals surface area (Å²) in [7, 11) is 1.81. The lowest BCUT2D eigenvalue weighted by Crippen LogP contribution is -2.04. The Bertz CT molecular complexity index is 341. The number of aryl methyl sites for hydroxylation is 1. The molecule has 1 aliphatic carbocycles. The largest absolute Gasteiger partial charge is 0.481 e. The third-order valence-electron chi connectivity index (χ3n) is 2.23. The topological polar surface area (TPSA) is 68.0 Å². The fourth-order valence-electron chi connectivity index (χ4n) is 1.53. The van der Waals surface area contributed by atoms with Crippen LogP contribution in [0.1, 0.15) is 30.1 Å². The van der Waals surface area contributed by atoms with Crippen LogP contribution in [-0.2, 0) is 18.3 Å². The van der Waals surface area contributed by atoms with Gasteiger partial charge in [0, 0.05) is 13.0 Å². The van der Waals surface area contributed by atoms with Gasteiger partial charge in [-0.25, -0.2) is 0 Å². The maximum absolute atomic E-state index is 10.5. The molecule has 1 N–H and O–H groups in total. The van der Waals surface area contributed by atoms with Crippen LogP contribution in [0.4, 0.5) is 0 Å². The molecule has 5 nitrogen and oxygen atoms in total. The number of aromatic nitrogens is 3. The zero-order valence-electron chi connectivity index (χ0n) is 7.40. The van der Waals surface area contributed by atoms with Gasteiger partial charge in [0.15, 0.2) is 0 Å². The van der Waals surface area contributed by atoms with Crippen molar-refractivity contribution in [2.75, 3.05) is 0 Å². The minimum atomic E-state index is -0.845. The van der Waals surface area contributed by atoms with E-state index in [1.54, 1.807) is 4.68 Å². The van der Waals surface area contributed by atoms with Gasteiger partial charge in [0.2, 0.25) is 0 Å². The van der Waals surface area contributed by atoms with Gasteiger partial charge in [-0.15, -0.1) is 5.10 Å². The molecule has 13 heavy (non-hydrogen) atoms. The van der Waals surface area contributed by atoms with Crippen LogP contribution in [0.2, 0.25) is 0 Å². The van der Waals surface area contributed by atoms with Crippen molar-refractivity contribution < 1.29 is 9.90 Å². The summed E-state index contributed by atoms with van der Waals surface area (Å²) in [6, 6.07) is 0. The average Bonchev–Trinajstić information content (AvgIpc) is 2.79. The van der Waals surface area contributed by atoms with E-state index in [4.69, 9.17) is 5.11 Å². The lowest BCUT2D eigenvalue weighted by atomic mass is 10.2. The van der Waals surface area contributed by atoms with Crippen LogP contribution in [0.25, 0.3) is 0 Å². The fraction of sp³-hybridized carbons (Fsp3) is 0.625. The van der Waals surface area contributed by atoms with E-state index in [0.717, 1.165) is 18.5 Å². The molecule has 0 unspecified atom stereocenters. The van der Waals surface area contributed by atoms with E-state index in [0.29, 0.717) is 11.6 Å². The maximum atomic E-state index is 10.5. The quantitative estimate of drug-likeness (QED) is 0.729. The second-order valence-corrected chi connectivity index (χ2v) is 3.39. The highest BCUT2D eigenvalue weighted by atomic mass is 16.4. The van der Waals surface area contributed by atoms with E-state index < -0.39 is 5.97 Å². The summed E-state index contributed by atoms with van der Waals surface area (Å²) in [4.78, 5) is 10.5. The van der Waals surface area contributed by atoms with Crippen molar-refractivity contribution in [1.29, 1.82) is 0 Å². The Morgan fingerprint density at radius 2 is 2.38 bits per heavy atom. The molecule has 1 aromatic heterocycles. The zero-order chi connectivity index (χ0) is 9.42. The molecule has 70 valence electrons. The predicted octanol–water partition coefficient (Wildman–Crippen LogP) is 0.320. The Kier molecular flexibility index (Phi) is 1.79. The molecule has 0 saturated heterocycles. The number of aliphatic carboxylic acids is 1. The highest BCUT2D eigenvalue weighted by Gasteiger charge is 2.30. The number of carboxylic acids is 1. The third-order valence-corrected chi connectivity index (χ3v) is 2.23. The SMILES string of the molecule is Cn1nnc(CC(=O)O)c1C1CC1. The lowest BCUT2D eigenvalue weighted by molar-refractivity contribution is -0.136. The third kappa shape index (κ3) is 1.54. The molecule has 0 radical (unpaired) electrons. The van der Waals surface area contributed by atoms with Gasteiger partial charge in [-0.1, -0.05) is 5.21 Å². The minimum Gasteiger partial charge on any atom is -0.481 e. The molecule has 1 fully saturated rings. The molecule has 0 aliphatic heterocycles. The molecule has 1 saturated carbocycles. The van der Waals surface area contributed by atoms with Crippen molar-refractivity contribution in [1.82, 2.24) is 15.0 Å². The van der Waals surface area contributed by atoms with Gasteiger partial charge in [-0.3, -0.25) is 9.48 Å². The Morgan fingerprint density at radius 3 is 2.92 bits per heavy atom. The van der Waals surface area contributed by atoms with Gasteiger partial charge >= 0.3 is 5.97 Å². The first-order valence-corrected chi connectivity index (χ1v) is 4.28. The number of hydrogen-bond donors (Lipinski definition) is 1. The summed E-state index contributed by atoms with van der Waals surface area (Å²) in [5.74, 6) is -0.350. The van der Waals surface area contributed by atoms with Gasteiger partial charge in [-0.2, -0.15) is 0 Å². The van der Waals surface area contributed by atoms with Crippen LogP contribution in [0.5, 0.6) is 0 Å². The molecule has 0 atom stereocenters. The van der Waals surface area contributed by atoms with Crippen LogP contribution in [0.3, 0.4) is 0 Å². The highest BCUT2D eigenvalue weighted by Crippen LogP contribution is 2.40. The van der Waals surface area contributed by atoms with E-state index in [2.05, 4.69) is 10.3 Å². The smallest absolute Gasteiger partial charge is 0.309 e. The van der Waals surface area contributed by atoms with Gasteiger partial charge in [0.1, 0.15) is 0 Å². The molecule has 0 amide bonds. The molecular weight excluding hydrogens is 170 g/mol. The van der Waals surface area contributed by atoms with Crippen molar-refractivity contribution in [2.24, 2.45) is 7.05 Å². The van der Waals surface area contributed by atoms with E-state index in [1.165, 1.54) is 0 Å². The lowest BCUT2D eigenvalue weighted by Gasteiger charge is -1.98. The van der Waals surface area contributed by atoms with Crippen molar-refractivity contribution in [3.05, 3.63) is 11.4 Å². The Morgan fingerprint density at radius 1 is 1.69 bits per heavy atom. The van der Waals surface area contributed by atoms with E-state index in [1.807, 2.05) is 7.05 Å². The van der Waals surface area contributed by atoms with Crippen molar-refractivity contribution in [2.45, 2.75) is 25.2 Å². The van der Waals surface area contributed by atoms with Gasteiger partial charge < -0.3 is 5.11 Å². The number of carboxylic acid groups (broad SMARTS) is 1. The molecule has 1 aromatic rings. The zero-order valence-corrected chi connectivity index (χ0v) is 7.40. The first-order chi connectivity index (χ1) is 6.18. The monoisotopic (exact) mass is 181 g/mol. The Labute approximate surface area is 75.4 Å². The first-order valence-electron chi connectivity index (χ1n) is 4.28. The van der Waals surface area contributed by atoms with Crippen LogP contribution < -0.4 is 0 Å². The number of carbonyl (C=O) groups is 1. The molecule has 1 aliphatic rings. The van der Waals surface area contributed by atoms with E-state index in [9.17, 15) is 4.79 Å². The summed E-state index contributed by atoms with van der Waals surface area (Å²) < 4.78 is 1.69. The Balaban J connectivity index is 2.28. The van der Waals surface area contributed by atoms with E-state index in [-0.39, 0.29) is 6.42 Å². The Hall–Kier alpha value is -1.39. The van der Waals surface area contributed by atoms with Crippen LogP contribution in [0, 0.1) is 0 Å². The van der Waals surface area contributed by atoms with Crippen molar-refractivity contribution in [3.8, 4) is 0 Å². The van der Waals surface area contributed by atoms with Gasteiger partial charge in [0.05, 0.1) is 17.8 Å².